The lowest BCUT2D eigenvalue weighted by Gasteiger charge is -2.22. The number of hydrogen-bond donors (Lipinski definition) is 3. The van der Waals surface area contributed by atoms with Gasteiger partial charge in [0.05, 0.1) is 23.4 Å². The molecule has 3 heterocycles. The molecule has 0 spiro atoms. The van der Waals surface area contributed by atoms with Crippen molar-refractivity contribution in [2.45, 2.75) is 52.0 Å². The second-order valence-corrected chi connectivity index (χ2v) is 8.90. The highest BCUT2D eigenvalue weighted by Gasteiger charge is 2.28. The fourth-order valence-electron chi connectivity index (χ4n) is 3.26. The zero-order valence-corrected chi connectivity index (χ0v) is 18.7. The number of nitrogens with one attached hydrogen (secondary N) is 2. The van der Waals surface area contributed by atoms with Crippen LogP contribution < -0.4 is 15.5 Å². The van der Waals surface area contributed by atoms with Gasteiger partial charge >= 0.3 is 0 Å². The molecule has 1 aliphatic heterocycles. The van der Waals surface area contributed by atoms with E-state index in [1.54, 1.807) is 42.9 Å². The van der Waals surface area contributed by atoms with Crippen molar-refractivity contribution >= 4 is 17.3 Å². The number of nitrogens with zero attached hydrogens (tertiary/aromatic N) is 4. The first kappa shape index (κ1) is 22.0. The number of aliphatic hydroxyl groups is 1. The van der Waals surface area contributed by atoms with Crippen LogP contribution in [0, 0.1) is 5.82 Å². The molecular formula is C22H27FN6O3. The lowest BCUT2D eigenvalue weighted by atomic mass is 10.1. The van der Waals surface area contributed by atoms with E-state index in [0.29, 0.717) is 34.2 Å². The van der Waals surface area contributed by atoms with Gasteiger partial charge in [-0.1, -0.05) is 0 Å². The number of anilines is 1. The molecular weight excluding hydrogens is 415 g/mol. The van der Waals surface area contributed by atoms with E-state index in [0.717, 1.165) is 0 Å². The summed E-state index contributed by atoms with van der Waals surface area (Å²) in [5.74, 6) is 1.24. The fraction of sp³-hybridized carbons (Fsp3) is 0.409. The number of aliphatic imine (C=N–C) groups is 1. The van der Waals surface area contributed by atoms with E-state index >= 15 is 0 Å². The van der Waals surface area contributed by atoms with Crippen molar-refractivity contribution in [3.05, 3.63) is 53.6 Å². The quantitative estimate of drug-likeness (QED) is 0.516. The number of halogens is 1. The Labute approximate surface area is 185 Å². The highest BCUT2D eigenvalue weighted by molar-refractivity contribution is 6.03. The molecule has 0 aliphatic carbocycles. The van der Waals surface area contributed by atoms with Gasteiger partial charge in [-0.25, -0.2) is 29.2 Å². The molecule has 9 nitrogen and oxygen atoms in total. The van der Waals surface area contributed by atoms with E-state index in [4.69, 9.17) is 9.57 Å². The monoisotopic (exact) mass is 442 g/mol. The molecule has 0 saturated heterocycles. The summed E-state index contributed by atoms with van der Waals surface area (Å²) in [5, 5.41) is 17.6. The Hall–Kier alpha value is -3.24. The normalized spacial score (nSPS) is 16.5. The van der Waals surface area contributed by atoms with Gasteiger partial charge in [-0.3, -0.25) is 0 Å². The van der Waals surface area contributed by atoms with Crippen molar-refractivity contribution in [1.82, 2.24) is 20.1 Å². The van der Waals surface area contributed by atoms with Crippen LogP contribution in [0.4, 0.5) is 10.2 Å². The van der Waals surface area contributed by atoms with Crippen molar-refractivity contribution in [1.29, 1.82) is 0 Å². The van der Waals surface area contributed by atoms with Gasteiger partial charge < -0.3 is 15.2 Å². The van der Waals surface area contributed by atoms with Crippen molar-refractivity contribution in [2.75, 3.05) is 11.9 Å². The summed E-state index contributed by atoms with van der Waals surface area (Å²) < 4.78 is 21.4. The first-order chi connectivity index (χ1) is 15.0. The SMILES string of the molecule is CC(Nc1ccn2ncc(C3=NC(C)(C)ON3)c2n1)c1cc(F)ccc1OCC(C)(C)O. The first-order valence-electron chi connectivity index (χ1n) is 10.3. The van der Waals surface area contributed by atoms with E-state index in [-0.39, 0.29) is 18.5 Å². The Bertz CT molecular complexity index is 1170. The first-order valence-corrected chi connectivity index (χ1v) is 10.3. The average Bonchev–Trinajstić information content (AvgIpc) is 3.28. The van der Waals surface area contributed by atoms with Gasteiger partial charge in [-0.2, -0.15) is 5.10 Å². The summed E-state index contributed by atoms with van der Waals surface area (Å²) in [6, 6.07) is 5.76. The number of benzene rings is 1. The minimum Gasteiger partial charge on any atom is -0.490 e. The highest BCUT2D eigenvalue weighted by Crippen LogP contribution is 2.29. The molecule has 4 rings (SSSR count). The third-order valence-corrected chi connectivity index (χ3v) is 4.79. The second kappa shape index (κ2) is 8.03. The summed E-state index contributed by atoms with van der Waals surface area (Å²) in [6.07, 6.45) is 3.45. The molecule has 1 aromatic carbocycles. The number of hydroxylamine groups is 1. The Morgan fingerprint density at radius 2 is 2.12 bits per heavy atom. The van der Waals surface area contributed by atoms with Gasteiger partial charge in [0.2, 0.25) is 0 Å². The molecule has 3 aromatic rings. The van der Waals surface area contributed by atoms with Crippen LogP contribution in [0.1, 0.15) is 51.8 Å². The number of ether oxygens (including phenoxy) is 1. The predicted octanol–water partition coefficient (Wildman–Crippen LogP) is 3.21. The van der Waals surface area contributed by atoms with E-state index < -0.39 is 11.3 Å². The maximum Gasteiger partial charge on any atom is 0.182 e. The summed E-state index contributed by atoms with van der Waals surface area (Å²) in [7, 11) is 0. The molecule has 0 saturated carbocycles. The standard InChI is InChI=1S/C22H27FN6O3/c1-13(15-10-14(23)6-7-17(15)31-12-21(2,3)30)25-18-8-9-29-20(26-18)16(11-24-29)19-27-22(4,5)32-28-19/h6-11,13,30H,12H2,1-5H3,(H,25,26)(H,27,28). The van der Waals surface area contributed by atoms with Crippen LogP contribution in [0.15, 0.2) is 41.7 Å². The number of amidine groups is 1. The molecule has 0 amide bonds. The van der Waals surface area contributed by atoms with E-state index in [9.17, 15) is 9.50 Å². The van der Waals surface area contributed by atoms with Crippen molar-refractivity contribution < 1.29 is 19.1 Å². The van der Waals surface area contributed by atoms with Crippen molar-refractivity contribution in [2.24, 2.45) is 4.99 Å². The van der Waals surface area contributed by atoms with Gasteiger partial charge in [0.25, 0.3) is 0 Å². The van der Waals surface area contributed by atoms with Crippen molar-refractivity contribution in [3.63, 3.8) is 0 Å². The molecule has 1 unspecified atom stereocenters. The lowest BCUT2D eigenvalue weighted by Crippen LogP contribution is -2.28. The Kier molecular flexibility index (Phi) is 5.51. The fourth-order valence-corrected chi connectivity index (χ4v) is 3.26. The van der Waals surface area contributed by atoms with Gasteiger partial charge in [0, 0.05) is 11.8 Å². The largest absolute Gasteiger partial charge is 0.490 e. The maximum absolute atomic E-state index is 14.0. The minimum atomic E-state index is -1.01. The van der Waals surface area contributed by atoms with Crippen LogP contribution in [0.2, 0.25) is 0 Å². The highest BCUT2D eigenvalue weighted by atomic mass is 19.1. The molecule has 0 fully saturated rings. The van der Waals surface area contributed by atoms with E-state index in [1.165, 1.54) is 12.1 Å². The van der Waals surface area contributed by atoms with Crippen LogP contribution in [0.5, 0.6) is 5.75 Å². The Morgan fingerprint density at radius 1 is 1.34 bits per heavy atom. The molecule has 1 atom stereocenters. The van der Waals surface area contributed by atoms with Gasteiger partial charge in [0.15, 0.2) is 17.2 Å². The van der Waals surface area contributed by atoms with E-state index in [1.807, 2.05) is 20.8 Å². The van der Waals surface area contributed by atoms with Gasteiger partial charge in [0.1, 0.15) is 24.0 Å². The van der Waals surface area contributed by atoms with Gasteiger partial charge in [-0.05, 0) is 58.9 Å². The number of rotatable bonds is 7. The number of hydrogen-bond acceptors (Lipinski definition) is 8. The summed E-state index contributed by atoms with van der Waals surface area (Å²) in [6.45, 7) is 8.95. The molecule has 10 heteroatoms. The molecule has 170 valence electrons. The van der Waals surface area contributed by atoms with Crippen LogP contribution in [-0.2, 0) is 4.84 Å². The summed E-state index contributed by atoms with van der Waals surface area (Å²) >= 11 is 0. The smallest absolute Gasteiger partial charge is 0.182 e. The maximum atomic E-state index is 14.0. The molecule has 3 N–H and O–H groups in total. The molecule has 2 aromatic heterocycles. The Balaban J connectivity index is 1.60. The summed E-state index contributed by atoms with van der Waals surface area (Å²) in [4.78, 5) is 14.6. The number of aromatic nitrogens is 3. The zero-order chi connectivity index (χ0) is 23.1. The van der Waals surface area contributed by atoms with Crippen molar-refractivity contribution in [3.8, 4) is 5.75 Å². The third-order valence-electron chi connectivity index (χ3n) is 4.79. The Morgan fingerprint density at radius 3 is 2.81 bits per heavy atom. The molecule has 0 bridgehead atoms. The lowest BCUT2D eigenvalue weighted by molar-refractivity contribution is -0.0269. The minimum absolute atomic E-state index is 0.0786. The van der Waals surface area contributed by atoms with Crippen LogP contribution in [-0.4, -0.2) is 43.5 Å². The summed E-state index contributed by atoms with van der Waals surface area (Å²) in [5.41, 5.74) is 3.04. The second-order valence-electron chi connectivity index (χ2n) is 8.90. The van der Waals surface area contributed by atoms with Gasteiger partial charge in [-0.15, -0.1) is 0 Å². The predicted molar refractivity (Wildman–Crippen MR) is 118 cm³/mol. The molecule has 0 radical (unpaired) electrons. The third kappa shape index (κ3) is 4.81. The zero-order valence-electron chi connectivity index (χ0n) is 18.7. The van der Waals surface area contributed by atoms with Crippen LogP contribution >= 0.6 is 0 Å². The molecule has 32 heavy (non-hydrogen) atoms. The number of fused-ring (bicyclic) bond motifs is 1. The topological polar surface area (TPSA) is 105 Å². The van der Waals surface area contributed by atoms with E-state index in [2.05, 4.69) is 25.9 Å². The average molecular weight is 442 g/mol. The van der Waals surface area contributed by atoms with Crippen LogP contribution in [0.25, 0.3) is 5.65 Å². The van der Waals surface area contributed by atoms with Crippen LogP contribution in [0.3, 0.4) is 0 Å². The molecule has 1 aliphatic rings.